The summed E-state index contributed by atoms with van der Waals surface area (Å²) in [5, 5.41) is 2.58. The third-order valence-corrected chi connectivity index (χ3v) is 2.57. The molecule has 8 heteroatoms. The van der Waals surface area contributed by atoms with Gasteiger partial charge in [0.25, 0.3) is 0 Å². The number of carbonyl (C=O) groups excluding carboxylic acids is 3. The van der Waals surface area contributed by atoms with E-state index in [0.29, 0.717) is 13.1 Å². The van der Waals surface area contributed by atoms with Gasteiger partial charge in [0.2, 0.25) is 0 Å². The fourth-order valence-corrected chi connectivity index (χ4v) is 1.46. The zero-order chi connectivity index (χ0) is 17.2. The number of rotatable bonds is 8. The van der Waals surface area contributed by atoms with Crippen molar-refractivity contribution >= 4 is 18.0 Å². The zero-order valence-electron chi connectivity index (χ0n) is 13.9. The summed E-state index contributed by atoms with van der Waals surface area (Å²) in [7, 11) is 2.61. The molecule has 8 nitrogen and oxygen atoms in total. The smallest absolute Gasteiger partial charge is 0.408 e. The molecule has 0 saturated heterocycles. The lowest BCUT2D eigenvalue weighted by molar-refractivity contribution is -0.141. The first kappa shape index (κ1) is 20.2. The van der Waals surface area contributed by atoms with Gasteiger partial charge in [-0.2, -0.15) is 0 Å². The van der Waals surface area contributed by atoms with Gasteiger partial charge < -0.3 is 19.5 Å². The zero-order valence-corrected chi connectivity index (χ0v) is 13.9. The highest BCUT2D eigenvalue weighted by Crippen LogP contribution is 2.06. The molecule has 0 aromatic heterocycles. The van der Waals surface area contributed by atoms with E-state index in [0.717, 1.165) is 0 Å². The molecule has 0 atom stereocenters. The fourth-order valence-electron chi connectivity index (χ4n) is 1.46. The molecule has 1 N–H and O–H groups in total. The van der Waals surface area contributed by atoms with E-state index in [9.17, 15) is 14.4 Å². The van der Waals surface area contributed by atoms with Gasteiger partial charge in [-0.25, -0.2) is 4.79 Å². The first-order chi connectivity index (χ1) is 10.2. The van der Waals surface area contributed by atoms with Crippen molar-refractivity contribution in [3.05, 3.63) is 0 Å². The Morgan fingerprint density at radius 3 is 1.77 bits per heavy atom. The Kier molecular flexibility index (Phi) is 9.16. The van der Waals surface area contributed by atoms with Gasteiger partial charge in [-0.1, -0.05) is 0 Å². The Hall–Kier alpha value is -1.83. The average Bonchev–Trinajstić information content (AvgIpc) is 2.43. The van der Waals surface area contributed by atoms with E-state index in [1.54, 1.807) is 25.7 Å². The minimum Gasteiger partial charge on any atom is -0.469 e. The largest absolute Gasteiger partial charge is 0.469 e. The summed E-state index contributed by atoms with van der Waals surface area (Å²) in [6.07, 6.45) is -0.241. The van der Waals surface area contributed by atoms with Crippen molar-refractivity contribution in [1.82, 2.24) is 10.2 Å². The number of hydrogen-bond acceptors (Lipinski definition) is 7. The molecule has 0 aromatic carbocycles. The summed E-state index contributed by atoms with van der Waals surface area (Å²) in [5.74, 6) is -0.722. The van der Waals surface area contributed by atoms with Crippen LogP contribution in [0, 0.1) is 0 Å². The van der Waals surface area contributed by atoms with Gasteiger partial charge in [0.15, 0.2) is 0 Å². The molecule has 0 radical (unpaired) electrons. The molecule has 0 heterocycles. The maximum absolute atomic E-state index is 11.6. The number of nitrogens with zero attached hydrogens (tertiary/aromatic N) is 1. The van der Waals surface area contributed by atoms with Crippen molar-refractivity contribution in [3.63, 3.8) is 0 Å². The first-order valence-electron chi connectivity index (χ1n) is 7.00. The topological polar surface area (TPSA) is 94.2 Å². The van der Waals surface area contributed by atoms with Crippen LogP contribution in [0.25, 0.3) is 0 Å². The van der Waals surface area contributed by atoms with Gasteiger partial charge in [0.1, 0.15) is 5.60 Å². The van der Waals surface area contributed by atoms with Gasteiger partial charge in [-0.15, -0.1) is 0 Å². The van der Waals surface area contributed by atoms with E-state index in [2.05, 4.69) is 14.8 Å². The predicted molar refractivity (Wildman–Crippen MR) is 79.1 cm³/mol. The highest BCUT2D eigenvalue weighted by molar-refractivity contribution is 5.70. The maximum Gasteiger partial charge on any atom is 0.408 e. The molecule has 0 fully saturated rings. The Bertz CT molecular complexity index is 358. The van der Waals surface area contributed by atoms with Gasteiger partial charge >= 0.3 is 18.0 Å². The van der Waals surface area contributed by atoms with Gasteiger partial charge in [0.05, 0.1) is 33.7 Å². The molecule has 0 aliphatic carbocycles. The van der Waals surface area contributed by atoms with Crippen LogP contribution in [-0.4, -0.2) is 62.5 Å². The fraction of sp³-hybridized carbons (Fsp3) is 0.786. The lowest BCUT2D eigenvalue weighted by atomic mass is 10.2. The lowest BCUT2D eigenvalue weighted by Crippen LogP contribution is -2.42. The Morgan fingerprint density at radius 2 is 1.41 bits per heavy atom. The summed E-state index contributed by atoms with van der Waals surface area (Å²) < 4.78 is 14.3. The highest BCUT2D eigenvalue weighted by Gasteiger charge is 2.17. The summed E-state index contributed by atoms with van der Waals surface area (Å²) in [4.78, 5) is 35.7. The van der Waals surface area contributed by atoms with Crippen molar-refractivity contribution in [3.8, 4) is 0 Å². The number of alkyl carbamates (subject to hydrolysis) is 1. The number of methoxy groups -OCH3 is 2. The average molecular weight is 318 g/mol. The minimum atomic E-state index is -0.590. The van der Waals surface area contributed by atoms with Crippen molar-refractivity contribution < 1.29 is 28.6 Å². The van der Waals surface area contributed by atoms with Crippen LogP contribution in [0.1, 0.15) is 33.6 Å². The van der Waals surface area contributed by atoms with Gasteiger partial charge in [-0.05, 0) is 20.8 Å². The molecule has 22 heavy (non-hydrogen) atoms. The van der Waals surface area contributed by atoms with Crippen LogP contribution in [-0.2, 0) is 23.8 Å². The SMILES string of the molecule is COC(=O)CCN(CCC(=O)OC)CNC(=O)OC(C)(C)C. The molecule has 0 saturated carbocycles. The summed E-state index contributed by atoms with van der Waals surface area (Å²) in [6.45, 7) is 6.14. The van der Waals surface area contributed by atoms with Crippen LogP contribution >= 0.6 is 0 Å². The van der Waals surface area contributed by atoms with E-state index in [-0.39, 0.29) is 31.4 Å². The monoisotopic (exact) mass is 318 g/mol. The Labute approximate surface area is 131 Å². The second kappa shape index (κ2) is 9.99. The lowest BCUT2D eigenvalue weighted by Gasteiger charge is -2.24. The quantitative estimate of drug-likeness (QED) is 0.403. The Balaban J connectivity index is 4.35. The molecule has 0 unspecified atom stereocenters. The normalized spacial score (nSPS) is 11.0. The number of nitrogens with one attached hydrogen (secondary N) is 1. The molecule has 0 bridgehead atoms. The molecule has 0 spiro atoms. The molecule has 0 aromatic rings. The van der Waals surface area contributed by atoms with E-state index >= 15 is 0 Å². The van der Waals surface area contributed by atoms with Gasteiger partial charge in [-0.3, -0.25) is 14.5 Å². The van der Waals surface area contributed by atoms with Gasteiger partial charge in [0, 0.05) is 13.1 Å². The molecular weight excluding hydrogens is 292 g/mol. The Morgan fingerprint density at radius 1 is 0.955 bits per heavy atom. The summed E-state index contributed by atoms with van der Waals surface area (Å²) in [6, 6.07) is 0. The third-order valence-electron chi connectivity index (χ3n) is 2.57. The highest BCUT2D eigenvalue weighted by atomic mass is 16.6. The number of amides is 1. The number of ether oxygens (including phenoxy) is 3. The van der Waals surface area contributed by atoms with Crippen molar-refractivity contribution in [2.75, 3.05) is 34.0 Å². The molecule has 1 amide bonds. The van der Waals surface area contributed by atoms with Crippen LogP contribution in [0.15, 0.2) is 0 Å². The summed E-state index contributed by atoms with van der Waals surface area (Å²) in [5.41, 5.74) is -0.590. The number of carbonyl (C=O) groups is 3. The van der Waals surface area contributed by atoms with E-state index in [1.165, 1.54) is 14.2 Å². The van der Waals surface area contributed by atoms with E-state index in [1.807, 2.05) is 0 Å². The second-order valence-corrected chi connectivity index (χ2v) is 5.61. The van der Waals surface area contributed by atoms with Crippen molar-refractivity contribution in [2.24, 2.45) is 0 Å². The first-order valence-corrected chi connectivity index (χ1v) is 7.00. The number of esters is 2. The van der Waals surface area contributed by atoms with Crippen molar-refractivity contribution in [1.29, 1.82) is 0 Å². The molecular formula is C14H26N2O6. The van der Waals surface area contributed by atoms with Crippen LogP contribution in [0.2, 0.25) is 0 Å². The van der Waals surface area contributed by atoms with Crippen molar-refractivity contribution in [2.45, 2.75) is 39.2 Å². The minimum absolute atomic E-state index is 0.156. The standard InChI is InChI=1S/C14H26N2O6/c1-14(2,3)22-13(19)15-10-16(8-6-11(17)20-4)9-7-12(18)21-5/h6-10H2,1-5H3,(H,15,19). The maximum atomic E-state index is 11.6. The van der Waals surface area contributed by atoms with Crippen LogP contribution in [0.4, 0.5) is 4.79 Å². The molecule has 0 rings (SSSR count). The van der Waals surface area contributed by atoms with Crippen LogP contribution in [0.5, 0.6) is 0 Å². The van der Waals surface area contributed by atoms with Crippen LogP contribution in [0.3, 0.4) is 0 Å². The number of hydrogen-bond donors (Lipinski definition) is 1. The molecule has 0 aliphatic heterocycles. The van der Waals surface area contributed by atoms with E-state index in [4.69, 9.17) is 4.74 Å². The molecule has 128 valence electrons. The van der Waals surface area contributed by atoms with Crippen LogP contribution < -0.4 is 5.32 Å². The summed E-state index contributed by atoms with van der Waals surface area (Å²) >= 11 is 0. The molecule has 0 aliphatic rings. The second-order valence-electron chi connectivity index (χ2n) is 5.61. The van der Waals surface area contributed by atoms with E-state index < -0.39 is 11.7 Å². The third kappa shape index (κ3) is 10.9. The predicted octanol–water partition coefficient (Wildman–Crippen LogP) is 0.897.